The largest absolute Gasteiger partial charge is 0.478 e. The van der Waals surface area contributed by atoms with Gasteiger partial charge in [0.15, 0.2) is 0 Å². The monoisotopic (exact) mass is 329 g/mol. The molecule has 1 aromatic heterocycles. The number of fused-ring (bicyclic) bond motifs is 1. The molecule has 0 unspecified atom stereocenters. The Balaban J connectivity index is 2.28. The quantitative estimate of drug-likeness (QED) is 0.865. The van der Waals surface area contributed by atoms with Gasteiger partial charge in [-0.3, -0.25) is 9.59 Å². The van der Waals surface area contributed by atoms with Crippen LogP contribution in [-0.4, -0.2) is 39.6 Å². The van der Waals surface area contributed by atoms with Gasteiger partial charge in [-0.1, -0.05) is 18.2 Å². The van der Waals surface area contributed by atoms with Gasteiger partial charge in [-0.05, 0) is 19.4 Å². The van der Waals surface area contributed by atoms with E-state index in [9.17, 15) is 19.5 Å². The van der Waals surface area contributed by atoms with Gasteiger partial charge in [0.2, 0.25) is 5.91 Å². The first kappa shape index (κ1) is 16.0. The van der Waals surface area contributed by atoms with Crippen molar-refractivity contribution in [3.8, 4) is 0 Å². The number of nitrogens with zero attached hydrogens (tertiary/aromatic N) is 2. The summed E-state index contributed by atoms with van der Waals surface area (Å²) in [6.45, 7) is 2.96. The average Bonchev–Trinajstić information content (AvgIpc) is 2.96. The minimum Gasteiger partial charge on any atom is -0.478 e. The van der Waals surface area contributed by atoms with E-state index in [1.165, 1.54) is 4.68 Å². The van der Waals surface area contributed by atoms with Crippen molar-refractivity contribution >= 4 is 22.6 Å². The number of nitrogens with one attached hydrogen (secondary N) is 1. The normalized spacial score (nSPS) is 14.4. The number of aromatic nitrogens is 1. The van der Waals surface area contributed by atoms with E-state index < -0.39 is 5.97 Å². The molecule has 0 saturated carbocycles. The lowest BCUT2D eigenvalue weighted by atomic mass is 10.0. The van der Waals surface area contributed by atoms with Gasteiger partial charge in [0, 0.05) is 30.3 Å². The van der Waals surface area contributed by atoms with E-state index in [0.29, 0.717) is 36.0 Å². The molecule has 2 N–H and O–H groups in total. The molecule has 0 atom stereocenters. The molecule has 1 fully saturated rings. The number of carboxylic acids is 1. The second kappa shape index (κ2) is 6.35. The number of carbonyl (C=O) groups excluding carboxylic acids is 1. The smallest absolute Gasteiger partial charge is 0.338 e. The zero-order chi connectivity index (χ0) is 17.3. The molecule has 1 saturated heterocycles. The lowest BCUT2D eigenvalue weighted by Gasteiger charge is -2.22. The van der Waals surface area contributed by atoms with Crippen LogP contribution in [0.5, 0.6) is 0 Å². The molecule has 24 heavy (non-hydrogen) atoms. The van der Waals surface area contributed by atoms with E-state index in [1.54, 1.807) is 29.2 Å². The van der Waals surface area contributed by atoms with E-state index >= 15 is 0 Å². The minimum atomic E-state index is -1.11. The summed E-state index contributed by atoms with van der Waals surface area (Å²) in [6, 6.07) is 6.65. The Hall–Kier alpha value is -2.83. The van der Waals surface area contributed by atoms with Crippen molar-refractivity contribution in [3.05, 3.63) is 45.9 Å². The molecule has 126 valence electrons. The Morgan fingerprint density at radius 2 is 1.96 bits per heavy atom. The number of amides is 1. The Bertz CT molecular complexity index is 872. The van der Waals surface area contributed by atoms with Crippen molar-refractivity contribution in [2.75, 3.05) is 18.5 Å². The standard InChI is InChI=1S/C17H19N3O4/c1-2-18-20-13(10-19-9-5-8-14(19)21)15(17(23)24)11-6-3-4-7-12(11)16(20)22/h3-4,6-7,18H,2,5,8-10H2,1H3,(H,23,24). The zero-order valence-electron chi connectivity index (χ0n) is 13.4. The number of hydrogen-bond acceptors (Lipinski definition) is 4. The number of likely N-dealkylation sites (tertiary alicyclic amines) is 1. The summed E-state index contributed by atoms with van der Waals surface area (Å²) in [4.78, 5) is 38.2. The molecule has 7 nitrogen and oxygen atoms in total. The van der Waals surface area contributed by atoms with Gasteiger partial charge in [-0.15, -0.1) is 0 Å². The van der Waals surface area contributed by atoms with Crippen molar-refractivity contribution in [2.24, 2.45) is 0 Å². The first-order valence-electron chi connectivity index (χ1n) is 7.96. The third kappa shape index (κ3) is 2.62. The summed E-state index contributed by atoms with van der Waals surface area (Å²) in [5.74, 6) is -1.13. The highest BCUT2D eigenvalue weighted by atomic mass is 16.4. The lowest BCUT2D eigenvalue weighted by molar-refractivity contribution is -0.128. The Morgan fingerprint density at radius 3 is 2.54 bits per heavy atom. The Labute approximate surface area is 138 Å². The fraction of sp³-hybridized carbons (Fsp3) is 0.353. The number of carbonyl (C=O) groups is 2. The number of hydrogen-bond donors (Lipinski definition) is 2. The maximum atomic E-state index is 12.8. The van der Waals surface area contributed by atoms with Gasteiger partial charge in [-0.2, -0.15) is 0 Å². The summed E-state index contributed by atoms with van der Waals surface area (Å²) in [5, 5.41) is 10.5. The molecule has 1 aliphatic rings. The topological polar surface area (TPSA) is 91.6 Å². The van der Waals surface area contributed by atoms with Gasteiger partial charge >= 0.3 is 5.97 Å². The molecule has 0 bridgehead atoms. The Kier molecular flexibility index (Phi) is 4.24. The van der Waals surface area contributed by atoms with Crippen LogP contribution in [-0.2, 0) is 11.3 Å². The third-order valence-electron chi connectivity index (χ3n) is 4.23. The van der Waals surface area contributed by atoms with Crippen LogP contribution in [0.25, 0.3) is 10.8 Å². The summed E-state index contributed by atoms with van der Waals surface area (Å²) in [5.41, 5.74) is 2.99. The molecule has 0 radical (unpaired) electrons. The molecular weight excluding hydrogens is 310 g/mol. The highest BCUT2D eigenvalue weighted by molar-refractivity contribution is 6.04. The summed E-state index contributed by atoms with van der Waals surface area (Å²) < 4.78 is 1.28. The van der Waals surface area contributed by atoms with E-state index in [4.69, 9.17) is 0 Å². The SMILES string of the molecule is CCNn1c(CN2CCCC2=O)c(C(=O)O)c2ccccc2c1=O. The van der Waals surface area contributed by atoms with Crippen molar-refractivity contribution < 1.29 is 14.7 Å². The number of aromatic carboxylic acids is 1. The van der Waals surface area contributed by atoms with Gasteiger partial charge in [0.1, 0.15) is 0 Å². The summed E-state index contributed by atoms with van der Waals surface area (Å²) in [7, 11) is 0. The van der Waals surface area contributed by atoms with Crippen molar-refractivity contribution in [1.29, 1.82) is 0 Å². The average molecular weight is 329 g/mol. The molecule has 0 aliphatic carbocycles. The molecule has 0 spiro atoms. The van der Waals surface area contributed by atoms with Gasteiger partial charge in [-0.25, -0.2) is 9.47 Å². The molecule has 2 aromatic rings. The van der Waals surface area contributed by atoms with Crippen molar-refractivity contribution in [1.82, 2.24) is 9.58 Å². The molecular formula is C17H19N3O4. The fourth-order valence-corrected chi connectivity index (χ4v) is 3.16. The molecule has 1 aromatic carbocycles. The number of benzene rings is 1. The van der Waals surface area contributed by atoms with Crippen LogP contribution in [0.15, 0.2) is 29.1 Å². The number of rotatable bonds is 5. The van der Waals surface area contributed by atoms with E-state index in [-0.39, 0.29) is 23.6 Å². The number of pyridine rings is 1. The van der Waals surface area contributed by atoms with Crippen LogP contribution < -0.4 is 11.0 Å². The molecule has 1 amide bonds. The van der Waals surface area contributed by atoms with Crippen LogP contribution in [0, 0.1) is 0 Å². The summed E-state index contributed by atoms with van der Waals surface area (Å²) >= 11 is 0. The molecule has 3 rings (SSSR count). The second-order valence-corrected chi connectivity index (χ2v) is 5.74. The maximum Gasteiger partial charge on any atom is 0.338 e. The summed E-state index contributed by atoms with van der Waals surface area (Å²) in [6.07, 6.45) is 1.21. The van der Waals surface area contributed by atoms with Crippen LogP contribution in [0.2, 0.25) is 0 Å². The first-order valence-corrected chi connectivity index (χ1v) is 7.96. The van der Waals surface area contributed by atoms with Crippen LogP contribution >= 0.6 is 0 Å². The van der Waals surface area contributed by atoms with Gasteiger partial charge in [0.05, 0.1) is 17.8 Å². The van der Waals surface area contributed by atoms with Gasteiger partial charge in [0.25, 0.3) is 5.56 Å². The van der Waals surface area contributed by atoms with Crippen LogP contribution in [0.3, 0.4) is 0 Å². The van der Waals surface area contributed by atoms with Crippen LogP contribution in [0.4, 0.5) is 0 Å². The van der Waals surface area contributed by atoms with Crippen LogP contribution in [0.1, 0.15) is 35.8 Å². The van der Waals surface area contributed by atoms with Gasteiger partial charge < -0.3 is 15.4 Å². The zero-order valence-corrected chi connectivity index (χ0v) is 13.4. The Morgan fingerprint density at radius 1 is 1.25 bits per heavy atom. The first-order chi connectivity index (χ1) is 11.5. The highest BCUT2D eigenvalue weighted by Gasteiger charge is 2.27. The van der Waals surface area contributed by atoms with E-state index in [0.717, 1.165) is 6.42 Å². The third-order valence-corrected chi connectivity index (χ3v) is 4.23. The molecule has 1 aliphatic heterocycles. The minimum absolute atomic E-state index is 0.0185. The number of carboxylic acid groups (broad SMARTS) is 1. The second-order valence-electron chi connectivity index (χ2n) is 5.74. The van der Waals surface area contributed by atoms with Crippen molar-refractivity contribution in [3.63, 3.8) is 0 Å². The van der Waals surface area contributed by atoms with Crippen molar-refractivity contribution in [2.45, 2.75) is 26.3 Å². The predicted molar refractivity (Wildman–Crippen MR) is 89.7 cm³/mol. The fourth-order valence-electron chi connectivity index (χ4n) is 3.16. The maximum absolute atomic E-state index is 12.8. The van der Waals surface area contributed by atoms with E-state index in [1.807, 2.05) is 6.92 Å². The van der Waals surface area contributed by atoms with E-state index in [2.05, 4.69) is 5.43 Å². The highest BCUT2D eigenvalue weighted by Crippen LogP contribution is 2.22. The lowest BCUT2D eigenvalue weighted by Crippen LogP contribution is -2.37. The molecule has 7 heteroatoms. The molecule has 2 heterocycles. The predicted octanol–water partition coefficient (Wildman–Crippen LogP) is 1.39.